The van der Waals surface area contributed by atoms with Gasteiger partial charge in [0.1, 0.15) is 0 Å². The Morgan fingerprint density at radius 2 is 2.05 bits per heavy atom. The van der Waals surface area contributed by atoms with Crippen LogP contribution in [0.2, 0.25) is 5.02 Å². The second kappa shape index (κ2) is 5.47. The van der Waals surface area contributed by atoms with Gasteiger partial charge in [-0.1, -0.05) is 17.7 Å². The van der Waals surface area contributed by atoms with Gasteiger partial charge in [0, 0.05) is 29.2 Å². The Labute approximate surface area is 131 Å². The van der Waals surface area contributed by atoms with E-state index in [0.29, 0.717) is 5.92 Å². The van der Waals surface area contributed by atoms with Crippen LogP contribution in [0.3, 0.4) is 0 Å². The van der Waals surface area contributed by atoms with E-state index >= 15 is 0 Å². The number of rotatable bonds is 4. The van der Waals surface area contributed by atoms with Gasteiger partial charge < -0.3 is 5.32 Å². The minimum absolute atomic E-state index is 0.0865. The molecule has 1 aliphatic rings. The standard InChI is InChI=1S/C17H22ClN3/c1-17(2,3)19-11-13-6-7-14(10-15(13)18)21-9-8-16(20-21)12-4-5-12/h6-10,12,19H,4-5,11H2,1-3H3. The van der Waals surface area contributed by atoms with E-state index in [9.17, 15) is 0 Å². The van der Waals surface area contributed by atoms with Gasteiger partial charge in [-0.2, -0.15) is 5.10 Å². The van der Waals surface area contributed by atoms with Crippen LogP contribution >= 0.6 is 11.6 Å². The summed E-state index contributed by atoms with van der Waals surface area (Å²) in [5, 5.41) is 8.88. The maximum atomic E-state index is 6.41. The summed E-state index contributed by atoms with van der Waals surface area (Å²) in [6.07, 6.45) is 4.57. The monoisotopic (exact) mass is 303 g/mol. The maximum Gasteiger partial charge on any atom is 0.0660 e. The normalized spacial score (nSPS) is 15.4. The maximum absolute atomic E-state index is 6.41. The molecular weight excluding hydrogens is 282 g/mol. The summed E-state index contributed by atoms with van der Waals surface area (Å²) in [4.78, 5) is 0. The molecule has 1 aromatic carbocycles. The minimum atomic E-state index is 0.0865. The number of nitrogens with zero attached hydrogens (tertiary/aromatic N) is 2. The largest absolute Gasteiger partial charge is 0.308 e. The van der Waals surface area contributed by atoms with Crippen LogP contribution in [0.25, 0.3) is 5.69 Å². The number of benzene rings is 1. The molecule has 1 aromatic heterocycles. The molecule has 1 saturated carbocycles. The van der Waals surface area contributed by atoms with Crippen LogP contribution in [-0.2, 0) is 6.54 Å². The van der Waals surface area contributed by atoms with E-state index in [2.05, 4.69) is 49.4 Å². The van der Waals surface area contributed by atoms with E-state index in [0.717, 1.165) is 22.8 Å². The molecule has 0 bridgehead atoms. The summed E-state index contributed by atoms with van der Waals surface area (Å²) in [6.45, 7) is 7.23. The van der Waals surface area contributed by atoms with Crippen LogP contribution < -0.4 is 5.32 Å². The molecule has 0 saturated heterocycles. The van der Waals surface area contributed by atoms with E-state index in [4.69, 9.17) is 11.6 Å². The molecule has 21 heavy (non-hydrogen) atoms. The zero-order valence-corrected chi connectivity index (χ0v) is 13.6. The third-order valence-corrected chi connectivity index (χ3v) is 4.07. The van der Waals surface area contributed by atoms with Crippen LogP contribution in [0.5, 0.6) is 0 Å². The van der Waals surface area contributed by atoms with Crippen molar-refractivity contribution in [3.63, 3.8) is 0 Å². The van der Waals surface area contributed by atoms with Crippen molar-refractivity contribution < 1.29 is 0 Å². The predicted octanol–water partition coefficient (Wildman–Crippen LogP) is 4.29. The first kappa shape index (κ1) is 14.6. The van der Waals surface area contributed by atoms with Crippen molar-refractivity contribution in [1.82, 2.24) is 15.1 Å². The van der Waals surface area contributed by atoms with Gasteiger partial charge in [0.15, 0.2) is 0 Å². The average molecular weight is 304 g/mol. The third kappa shape index (κ3) is 3.66. The number of hydrogen-bond acceptors (Lipinski definition) is 2. The lowest BCUT2D eigenvalue weighted by Crippen LogP contribution is -2.35. The topological polar surface area (TPSA) is 29.9 Å². The van der Waals surface area contributed by atoms with Gasteiger partial charge in [0.2, 0.25) is 0 Å². The lowest BCUT2D eigenvalue weighted by Gasteiger charge is -2.21. The van der Waals surface area contributed by atoms with Crippen molar-refractivity contribution in [3.05, 3.63) is 46.7 Å². The van der Waals surface area contributed by atoms with Crippen molar-refractivity contribution in [1.29, 1.82) is 0 Å². The first-order valence-electron chi connectivity index (χ1n) is 7.52. The Morgan fingerprint density at radius 1 is 1.29 bits per heavy atom. The Morgan fingerprint density at radius 3 is 2.67 bits per heavy atom. The average Bonchev–Trinajstić information content (AvgIpc) is 3.14. The molecule has 0 spiro atoms. The number of hydrogen-bond donors (Lipinski definition) is 1. The number of halogens is 1. The summed E-state index contributed by atoms with van der Waals surface area (Å²) in [5.41, 5.74) is 3.42. The van der Waals surface area contributed by atoms with Gasteiger partial charge in [-0.3, -0.25) is 0 Å². The first-order valence-corrected chi connectivity index (χ1v) is 7.89. The quantitative estimate of drug-likeness (QED) is 0.913. The highest BCUT2D eigenvalue weighted by atomic mass is 35.5. The van der Waals surface area contributed by atoms with E-state index in [1.165, 1.54) is 18.5 Å². The number of aromatic nitrogens is 2. The van der Waals surface area contributed by atoms with Crippen molar-refractivity contribution >= 4 is 11.6 Å². The Bertz CT molecular complexity index is 636. The Balaban J connectivity index is 1.76. The fourth-order valence-electron chi connectivity index (χ4n) is 2.26. The zero-order chi connectivity index (χ0) is 15.0. The van der Waals surface area contributed by atoms with Gasteiger partial charge in [0.05, 0.1) is 11.4 Å². The minimum Gasteiger partial charge on any atom is -0.308 e. The van der Waals surface area contributed by atoms with E-state index in [-0.39, 0.29) is 5.54 Å². The third-order valence-electron chi connectivity index (χ3n) is 3.72. The molecule has 1 aliphatic carbocycles. The van der Waals surface area contributed by atoms with Gasteiger partial charge in [-0.25, -0.2) is 4.68 Å². The highest BCUT2D eigenvalue weighted by molar-refractivity contribution is 6.31. The molecule has 3 nitrogen and oxygen atoms in total. The summed E-state index contributed by atoms with van der Waals surface area (Å²) >= 11 is 6.41. The summed E-state index contributed by atoms with van der Waals surface area (Å²) in [6, 6.07) is 8.26. The van der Waals surface area contributed by atoms with Crippen molar-refractivity contribution in [2.45, 2.75) is 51.6 Å². The van der Waals surface area contributed by atoms with Crippen molar-refractivity contribution in [2.24, 2.45) is 0 Å². The highest BCUT2D eigenvalue weighted by Gasteiger charge is 2.25. The van der Waals surface area contributed by atoms with Crippen LogP contribution in [0.1, 0.15) is 50.8 Å². The summed E-state index contributed by atoms with van der Waals surface area (Å²) in [5.74, 6) is 0.678. The fraction of sp³-hybridized carbons (Fsp3) is 0.471. The van der Waals surface area contributed by atoms with E-state index < -0.39 is 0 Å². The Hall–Kier alpha value is -1.32. The van der Waals surface area contributed by atoms with Gasteiger partial charge in [-0.05, 0) is 57.4 Å². The molecule has 1 fully saturated rings. The van der Waals surface area contributed by atoms with Gasteiger partial charge >= 0.3 is 0 Å². The molecule has 0 amide bonds. The smallest absolute Gasteiger partial charge is 0.0660 e. The Kier molecular flexibility index (Phi) is 3.80. The molecule has 1 heterocycles. The molecule has 4 heteroatoms. The molecule has 0 unspecified atom stereocenters. The van der Waals surface area contributed by atoms with Crippen LogP contribution in [0.4, 0.5) is 0 Å². The lowest BCUT2D eigenvalue weighted by molar-refractivity contribution is 0.424. The summed E-state index contributed by atoms with van der Waals surface area (Å²) < 4.78 is 1.92. The van der Waals surface area contributed by atoms with Crippen LogP contribution in [0.15, 0.2) is 30.5 Å². The molecule has 1 N–H and O–H groups in total. The van der Waals surface area contributed by atoms with Gasteiger partial charge in [-0.15, -0.1) is 0 Å². The molecule has 2 aromatic rings. The molecule has 0 radical (unpaired) electrons. The molecule has 112 valence electrons. The second-order valence-corrected chi connectivity index (χ2v) is 7.25. The molecule has 0 atom stereocenters. The molecular formula is C17H22ClN3. The van der Waals surface area contributed by atoms with Crippen molar-refractivity contribution in [3.8, 4) is 5.69 Å². The number of nitrogens with one attached hydrogen (secondary N) is 1. The van der Waals surface area contributed by atoms with E-state index in [1.54, 1.807) is 0 Å². The fourth-order valence-corrected chi connectivity index (χ4v) is 2.50. The van der Waals surface area contributed by atoms with Crippen molar-refractivity contribution in [2.75, 3.05) is 0 Å². The van der Waals surface area contributed by atoms with Crippen LogP contribution in [0, 0.1) is 0 Å². The summed E-state index contributed by atoms with van der Waals surface area (Å²) in [7, 11) is 0. The zero-order valence-electron chi connectivity index (χ0n) is 12.9. The van der Waals surface area contributed by atoms with Crippen LogP contribution in [-0.4, -0.2) is 15.3 Å². The first-order chi connectivity index (χ1) is 9.92. The second-order valence-electron chi connectivity index (χ2n) is 6.84. The molecule has 3 rings (SSSR count). The SMILES string of the molecule is CC(C)(C)NCc1ccc(-n2ccc(C3CC3)n2)cc1Cl. The lowest BCUT2D eigenvalue weighted by atomic mass is 10.1. The predicted molar refractivity (Wildman–Crippen MR) is 87.1 cm³/mol. The van der Waals surface area contributed by atoms with E-state index in [1.807, 2.05) is 16.9 Å². The highest BCUT2D eigenvalue weighted by Crippen LogP contribution is 2.39. The van der Waals surface area contributed by atoms with Gasteiger partial charge in [0.25, 0.3) is 0 Å². The molecule has 0 aliphatic heterocycles.